The summed E-state index contributed by atoms with van der Waals surface area (Å²) < 4.78 is 18.0. The van der Waals surface area contributed by atoms with Crippen LogP contribution in [0.5, 0.6) is 0 Å². The van der Waals surface area contributed by atoms with E-state index in [2.05, 4.69) is 5.32 Å². The minimum absolute atomic E-state index is 0.0964. The third-order valence-electron chi connectivity index (χ3n) is 2.18. The minimum Gasteiger partial charge on any atom is -0.354 e. The molecule has 1 heterocycles. The van der Waals surface area contributed by atoms with Gasteiger partial charge in [0.1, 0.15) is 5.82 Å². The molecule has 1 saturated heterocycles. The van der Waals surface area contributed by atoms with Crippen LogP contribution in [-0.2, 0) is 9.53 Å². The molecule has 14 heavy (non-hydrogen) atoms. The van der Waals surface area contributed by atoms with Crippen molar-refractivity contribution >= 4 is 6.29 Å². The van der Waals surface area contributed by atoms with Crippen LogP contribution in [0.1, 0.15) is 11.6 Å². The standard InChI is InChI=1S/C10H10FNO2/c11-8-3-1-2-7(4-8)9-6-14-10(5-13)12-9/h1-5,9-10,12H,6H2/t9-,10?/m0/s1. The second-order valence-corrected chi connectivity index (χ2v) is 3.16. The van der Waals surface area contributed by atoms with Crippen molar-refractivity contribution in [1.82, 2.24) is 5.32 Å². The Morgan fingerprint density at radius 2 is 2.43 bits per heavy atom. The van der Waals surface area contributed by atoms with E-state index in [1.807, 2.05) is 0 Å². The molecule has 0 saturated carbocycles. The van der Waals surface area contributed by atoms with E-state index in [9.17, 15) is 9.18 Å². The molecule has 1 aliphatic heterocycles. The molecule has 74 valence electrons. The van der Waals surface area contributed by atoms with Gasteiger partial charge in [0.25, 0.3) is 0 Å². The number of carbonyl (C=O) groups excluding carboxylic acids is 1. The zero-order valence-electron chi connectivity index (χ0n) is 7.44. The zero-order valence-corrected chi connectivity index (χ0v) is 7.44. The van der Waals surface area contributed by atoms with Gasteiger partial charge < -0.3 is 4.74 Å². The molecular formula is C10H10FNO2. The fraction of sp³-hybridized carbons (Fsp3) is 0.300. The van der Waals surface area contributed by atoms with Crippen LogP contribution in [-0.4, -0.2) is 19.1 Å². The van der Waals surface area contributed by atoms with Crippen LogP contribution in [0.2, 0.25) is 0 Å². The second kappa shape index (κ2) is 3.86. The average Bonchev–Trinajstić information content (AvgIpc) is 2.66. The predicted octanol–water partition coefficient (Wildman–Crippen LogP) is 1.01. The smallest absolute Gasteiger partial charge is 0.165 e. The van der Waals surface area contributed by atoms with Crippen molar-refractivity contribution in [3.63, 3.8) is 0 Å². The largest absolute Gasteiger partial charge is 0.354 e. The van der Waals surface area contributed by atoms with Crippen molar-refractivity contribution in [1.29, 1.82) is 0 Å². The molecule has 0 aliphatic carbocycles. The third-order valence-corrected chi connectivity index (χ3v) is 2.18. The highest BCUT2D eigenvalue weighted by Crippen LogP contribution is 2.19. The number of ether oxygens (including phenoxy) is 1. The predicted molar refractivity (Wildman–Crippen MR) is 48.1 cm³/mol. The van der Waals surface area contributed by atoms with Gasteiger partial charge in [0.15, 0.2) is 12.5 Å². The third kappa shape index (κ3) is 1.81. The lowest BCUT2D eigenvalue weighted by Crippen LogP contribution is -2.26. The molecule has 0 spiro atoms. The van der Waals surface area contributed by atoms with E-state index in [1.165, 1.54) is 12.1 Å². The summed E-state index contributed by atoms with van der Waals surface area (Å²) in [6.07, 6.45) is 0.127. The molecule has 1 fully saturated rings. The molecule has 1 unspecified atom stereocenters. The van der Waals surface area contributed by atoms with Crippen molar-refractivity contribution in [2.24, 2.45) is 0 Å². The van der Waals surface area contributed by atoms with Crippen molar-refractivity contribution in [3.8, 4) is 0 Å². The molecule has 0 amide bonds. The first kappa shape index (κ1) is 9.30. The first-order chi connectivity index (χ1) is 6.79. The highest BCUT2D eigenvalue weighted by molar-refractivity contribution is 5.56. The van der Waals surface area contributed by atoms with E-state index >= 15 is 0 Å². The first-order valence-electron chi connectivity index (χ1n) is 4.38. The lowest BCUT2D eigenvalue weighted by atomic mass is 10.1. The van der Waals surface area contributed by atoms with Crippen LogP contribution in [0.3, 0.4) is 0 Å². The van der Waals surface area contributed by atoms with Gasteiger partial charge in [-0.1, -0.05) is 12.1 Å². The maximum absolute atomic E-state index is 12.9. The van der Waals surface area contributed by atoms with Crippen molar-refractivity contribution in [2.75, 3.05) is 6.61 Å². The van der Waals surface area contributed by atoms with Crippen molar-refractivity contribution < 1.29 is 13.9 Å². The van der Waals surface area contributed by atoms with Gasteiger partial charge >= 0.3 is 0 Å². The van der Waals surface area contributed by atoms with Gasteiger partial charge in [0.2, 0.25) is 0 Å². The van der Waals surface area contributed by atoms with Gasteiger partial charge in [0, 0.05) is 0 Å². The summed E-state index contributed by atoms with van der Waals surface area (Å²) >= 11 is 0. The van der Waals surface area contributed by atoms with Gasteiger partial charge in [-0.15, -0.1) is 0 Å². The summed E-state index contributed by atoms with van der Waals surface area (Å²) in [5.74, 6) is -0.279. The normalized spacial score (nSPS) is 26.4. The zero-order chi connectivity index (χ0) is 9.97. The van der Waals surface area contributed by atoms with E-state index in [-0.39, 0.29) is 11.9 Å². The number of hydrogen-bond acceptors (Lipinski definition) is 3. The van der Waals surface area contributed by atoms with Crippen molar-refractivity contribution in [3.05, 3.63) is 35.6 Å². The Labute approximate surface area is 80.9 Å². The maximum Gasteiger partial charge on any atom is 0.165 e. The van der Waals surface area contributed by atoms with E-state index in [0.717, 1.165) is 5.56 Å². The van der Waals surface area contributed by atoms with Crippen molar-refractivity contribution in [2.45, 2.75) is 12.3 Å². The Morgan fingerprint density at radius 3 is 3.07 bits per heavy atom. The van der Waals surface area contributed by atoms with Crippen LogP contribution < -0.4 is 5.32 Å². The molecular weight excluding hydrogens is 185 g/mol. The minimum atomic E-state index is -0.566. The number of rotatable bonds is 2. The van der Waals surface area contributed by atoms with E-state index in [1.54, 1.807) is 12.1 Å². The number of carbonyl (C=O) groups is 1. The Morgan fingerprint density at radius 1 is 1.57 bits per heavy atom. The maximum atomic E-state index is 12.9. The van der Waals surface area contributed by atoms with Crippen LogP contribution in [0, 0.1) is 5.82 Å². The Balaban J connectivity index is 2.13. The van der Waals surface area contributed by atoms with Crippen LogP contribution >= 0.6 is 0 Å². The molecule has 2 atom stereocenters. The molecule has 0 bridgehead atoms. The molecule has 0 aromatic heterocycles. The molecule has 1 aromatic carbocycles. The van der Waals surface area contributed by atoms with E-state index in [0.29, 0.717) is 12.9 Å². The van der Waals surface area contributed by atoms with Gasteiger partial charge in [-0.3, -0.25) is 10.1 Å². The average molecular weight is 195 g/mol. The Bertz CT molecular complexity index is 343. The number of aldehydes is 1. The number of hydrogen-bond donors (Lipinski definition) is 1. The highest BCUT2D eigenvalue weighted by atomic mass is 19.1. The lowest BCUT2D eigenvalue weighted by molar-refractivity contribution is -0.116. The first-order valence-corrected chi connectivity index (χ1v) is 4.38. The quantitative estimate of drug-likeness (QED) is 0.716. The number of nitrogens with one attached hydrogen (secondary N) is 1. The summed E-state index contributed by atoms with van der Waals surface area (Å²) in [7, 11) is 0. The van der Waals surface area contributed by atoms with E-state index in [4.69, 9.17) is 4.74 Å². The SMILES string of the molecule is O=CC1N[C@H](c2cccc(F)c2)CO1. The molecule has 1 N–H and O–H groups in total. The van der Waals surface area contributed by atoms with E-state index < -0.39 is 6.23 Å². The van der Waals surface area contributed by atoms with Gasteiger partial charge in [-0.2, -0.15) is 0 Å². The lowest BCUT2D eigenvalue weighted by Gasteiger charge is -2.08. The molecule has 1 aliphatic rings. The Hall–Kier alpha value is -1.26. The molecule has 2 rings (SSSR count). The van der Waals surface area contributed by atoms with Crippen LogP contribution in [0.4, 0.5) is 4.39 Å². The Kier molecular flexibility index (Phi) is 2.56. The topological polar surface area (TPSA) is 38.3 Å². The molecule has 1 aromatic rings. The fourth-order valence-electron chi connectivity index (χ4n) is 1.49. The van der Waals surface area contributed by atoms with Crippen LogP contribution in [0.25, 0.3) is 0 Å². The number of halogens is 1. The molecule has 3 nitrogen and oxygen atoms in total. The molecule has 0 radical (unpaired) electrons. The van der Waals surface area contributed by atoms with Gasteiger partial charge in [-0.05, 0) is 17.7 Å². The highest BCUT2D eigenvalue weighted by Gasteiger charge is 2.24. The summed E-state index contributed by atoms with van der Waals surface area (Å²) in [5, 5.41) is 2.93. The second-order valence-electron chi connectivity index (χ2n) is 3.16. The summed E-state index contributed by atoms with van der Waals surface area (Å²) in [5.41, 5.74) is 0.800. The monoisotopic (exact) mass is 195 g/mol. The van der Waals surface area contributed by atoms with Gasteiger partial charge in [0.05, 0.1) is 12.6 Å². The summed E-state index contributed by atoms with van der Waals surface area (Å²) in [6, 6.07) is 6.17. The number of benzene rings is 1. The fourth-order valence-corrected chi connectivity index (χ4v) is 1.49. The summed E-state index contributed by atoms with van der Waals surface area (Å²) in [4.78, 5) is 10.4. The summed E-state index contributed by atoms with van der Waals surface area (Å²) in [6.45, 7) is 0.396. The van der Waals surface area contributed by atoms with Gasteiger partial charge in [-0.25, -0.2) is 4.39 Å². The molecule has 4 heteroatoms. The van der Waals surface area contributed by atoms with Crippen LogP contribution in [0.15, 0.2) is 24.3 Å².